The Hall–Kier alpha value is -1.82. The molecule has 0 aromatic heterocycles. The van der Waals surface area contributed by atoms with Gasteiger partial charge in [0.2, 0.25) is 0 Å². The molecule has 1 aromatic carbocycles. The summed E-state index contributed by atoms with van der Waals surface area (Å²) in [7, 11) is 0. The summed E-state index contributed by atoms with van der Waals surface area (Å²) in [5, 5.41) is 0. The van der Waals surface area contributed by atoms with Crippen LogP contribution in [0, 0.1) is 11.7 Å². The molecule has 0 amide bonds. The van der Waals surface area contributed by atoms with Crippen molar-refractivity contribution in [3.05, 3.63) is 30.1 Å². The largest absolute Gasteiger partial charge is 0.378 e. The van der Waals surface area contributed by atoms with Crippen molar-refractivity contribution < 1.29 is 9.13 Å². The topological polar surface area (TPSA) is 54.1 Å². The van der Waals surface area contributed by atoms with E-state index in [1.165, 1.54) is 18.6 Å². The van der Waals surface area contributed by atoms with E-state index in [1.54, 1.807) is 0 Å². The first-order chi connectivity index (χ1) is 11.7. The summed E-state index contributed by atoms with van der Waals surface area (Å²) in [5.41, 5.74) is 7.31. The average molecular weight is 332 g/mol. The summed E-state index contributed by atoms with van der Waals surface area (Å²) >= 11 is 0. The summed E-state index contributed by atoms with van der Waals surface area (Å²) in [6.07, 6.45) is 3.78. The van der Waals surface area contributed by atoms with E-state index in [0.717, 1.165) is 51.3 Å². The van der Waals surface area contributed by atoms with Crippen LogP contribution in [0.1, 0.15) is 19.3 Å². The van der Waals surface area contributed by atoms with Gasteiger partial charge in [0.15, 0.2) is 5.96 Å². The average Bonchev–Trinajstić information content (AvgIpc) is 2.60. The van der Waals surface area contributed by atoms with Gasteiger partial charge < -0.3 is 20.3 Å². The molecule has 2 aliphatic heterocycles. The highest BCUT2D eigenvalue weighted by molar-refractivity contribution is 5.78. The fourth-order valence-corrected chi connectivity index (χ4v) is 4.01. The number of hydrogen-bond acceptors (Lipinski definition) is 3. The van der Waals surface area contributed by atoms with Crippen LogP contribution in [0.15, 0.2) is 29.3 Å². The summed E-state index contributed by atoms with van der Waals surface area (Å²) < 4.78 is 18.8. The van der Waals surface area contributed by atoms with Gasteiger partial charge in [-0.15, -0.1) is 0 Å². The Bertz CT molecular complexity index is 598. The molecular weight excluding hydrogens is 307 g/mol. The Kier molecular flexibility index (Phi) is 4.31. The van der Waals surface area contributed by atoms with Gasteiger partial charge in [-0.25, -0.2) is 9.38 Å². The predicted octanol–water partition coefficient (Wildman–Crippen LogP) is 1.83. The van der Waals surface area contributed by atoms with Crippen molar-refractivity contribution in [3.8, 4) is 0 Å². The van der Waals surface area contributed by atoms with Crippen LogP contribution in [0.25, 0.3) is 0 Å². The summed E-state index contributed by atoms with van der Waals surface area (Å²) in [4.78, 5) is 9.20. The molecular formula is C18H25FN4O. The highest BCUT2D eigenvalue weighted by Crippen LogP contribution is 2.39. The van der Waals surface area contributed by atoms with Crippen molar-refractivity contribution in [2.75, 3.05) is 37.7 Å². The SMILES string of the molecule is NC(=NC1CC2OCCCC12)N1CCN(c2ccc(F)cc2)CC1. The van der Waals surface area contributed by atoms with Crippen molar-refractivity contribution in [1.82, 2.24) is 4.90 Å². The molecule has 2 N–H and O–H groups in total. The minimum Gasteiger partial charge on any atom is -0.378 e. The van der Waals surface area contributed by atoms with E-state index in [0.29, 0.717) is 24.0 Å². The van der Waals surface area contributed by atoms with Crippen LogP contribution in [0.4, 0.5) is 10.1 Å². The van der Waals surface area contributed by atoms with E-state index < -0.39 is 0 Å². The van der Waals surface area contributed by atoms with Crippen molar-refractivity contribution >= 4 is 11.6 Å². The lowest BCUT2D eigenvalue weighted by Gasteiger charge is -2.46. The van der Waals surface area contributed by atoms with Crippen molar-refractivity contribution in [3.63, 3.8) is 0 Å². The lowest BCUT2D eigenvalue weighted by molar-refractivity contribution is -0.0939. The number of rotatable bonds is 2. The molecule has 1 aliphatic carbocycles. The van der Waals surface area contributed by atoms with Crippen molar-refractivity contribution in [1.29, 1.82) is 0 Å². The van der Waals surface area contributed by atoms with E-state index >= 15 is 0 Å². The maximum absolute atomic E-state index is 13.0. The van der Waals surface area contributed by atoms with E-state index in [4.69, 9.17) is 15.5 Å². The maximum Gasteiger partial charge on any atom is 0.191 e. The zero-order valence-corrected chi connectivity index (χ0v) is 13.9. The number of benzene rings is 1. The van der Waals surface area contributed by atoms with E-state index in [9.17, 15) is 4.39 Å². The number of guanidine groups is 1. The molecule has 4 rings (SSSR count). The molecule has 2 saturated heterocycles. The normalized spacial score (nSPS) is 30.7. The number of fused-ring (bicyclic) bond motifs is 1. The summed E-state index contributed by atoms with van der Waals surface area (Å²) in [5.74, 6) is 1.04. The molecule has 3 fully saturated rings. The van der Waals surface area contributed by atoms with Crippen LogP contribution in [0.3, 0.4) is 0 Å². The lowest BCUT2D eigenvalue weighted by Crippen LogP contribution is -2.54. The molecule has 2 heterocycles. The molecule has 1 saturated carbocycles. The molecule has 130 valence electrons. The van der Waals surface area contributed by atoms with E-state index in [1.807, 2.05) is 12.1 Å². The fraction of sp³-hybridized carbons (Fsp3) is 0.611. The van der Waals surface area contributed by atoms with Gasteiger partial charge in [-0.05, 0) is 43.5 Å². The van der Waals surface area contributed by atoms with Crippen LogP contribution >= 0.6 is 0 Å². The zero-order chi connectivity index (χ0) is 16.5. The smallest absolute Gasteiger partial charge is 0.191 e. The Morgan fingerprint density at radius 2 is 1.92 bits per heavy atom. The third-order valence-electron chi connectivity index (χ3n) is 5.55. The van der Waals surface area contributed by atoms with Gasteiger partial charge >= 0.3 is 0 Å². The second kappa shape index (κ2) is 6.59. The van der Waals surface area contributed by atoms with Gasteiger partial charge in [0.1, 0.15) is 5.82 Å². The molecule has 3 atom stereocenters. The molecule has 0 spiro atoms. The van der Waals surface area contributed by atoms with E-state index in [2.05, 4.69) is 9.80 Å². The number of nitrogens with zero attached hydrogens (tertiary/aromatic N) is 3. The van der Waals surface area contributed by atoms with Crippen LogP contribution in [0.2, 0.25) is 0 Å². The number of aliphatic imine (C=N–C) groups is 1. The minimum absolute atomic E-state index is 0.195. The first-order valence-electron chi connectivity index (χ1n) is 8.91. The molecule has 1 aromatic rings. The van der Waals surface area contributed by atoms with Gasteiger partial charge in [-0.2, -0.15) is 0 Å². The molecule has 0 radical (unpaired) electrons. The lowest BCUT2D eigenvalue weighted by atomic mass is 9.73. The zero-order valence-electron chi connectivity index (χ0n) is 13.9. The fourth-order valence-electron chi connectivity index (χ4n) is 4.01. The van der Waals surface area contributed by atoms with E-state index in [-0.39, 0.29) is 5.82 Å². The highest BCUT2D eigenvalue weighted by atomic mass is 19.1. The second-order valence-corrected chi connectivity index (χ2v) is 6.96. The Labute approximate surface area is 142 Å². The van der Waals surface area contributed by atoms with Crippen LogP contribution < -0.4 is 10.6 Å². The number of halogens is 1. The van der Waals surface area contributed by atoms with Gasteiger partial charge in [0.05, 0.1) is 12.1 Å². The third kappa shape index (κ3) is 3.07. The Balaban J connectivity index is 1.32. The van der Waals surface area contributed by atoms with Crippen molar-refractivity contribution in [2.45, 2.75) is 31.4 Å². The van der Waals surface area contributed by atoms with Gasteiger partial charge in [0, 0.05) is 44.4 Å². The number of piperazine rings is 1. The number of hydrogen-bond donors (Lipinski definition) is 1. The standard InChI is InChI=1S/C18H25FN4O/c19-13-3-5-14(6-4-13)22-7-9-23(10-8-22)18(20)21-16-12-17-15(16)2-1-11-24-17/h3-6,15-17H,1-2,7-12H2,(H2,20,21). The molecule has 3 unspecified atom stereocenters. The van der Waals surface area contributed by atoms with Gasteiger partial charge in [-0.1, -0.05) is 0 Å². The molecule has 24 heavy (non-hydrogen) atoms. The number of anilines is 1. The monoisotopic (exact) mass is 332 g/mol. The predicted molar refractivity (Wildman–Crippen MR) is 92.7 cm³/mol. The summed E-state index contributed by atoms with van der Waals surface area (Å²) in [6, 6.07) is 7.03. The van der Waals surface area contributed by atoms with Crippen molar-refractivity contribution in [2.24, 2.45) is 16.6 Å². The quantitative estimate of drug-likeness (QED) is 0.663. The molecule has 6 heteroatoms. The highest BCUT2D eigenvalue weighted by Gasteiger charge is 2.43. The third-order valence-corrected chi connectivity index (χ3v) is 5.55. The Morgan fingerprint density at radius 1 is 1.17 bits per heavy atom. The first-order valence-corrected chi connectivity index (χ1v) is 8.91. The maximum atomic E-state index is 13.0. The minimum atomic E-state index is -0.195. The number of nitrogens with two attached hydrogens (primary N) is 1. The molecule has 5 nitrogen and oxygen atoms in total. The second-order valence-electron chi connectivity index (χ2n) is 6.96. The first kappa shape index (κ1) is 15.7. The van der Waals surface area contributed by atoms with Gasteiger partial charge in [0.25, 0.3) is 0 Å². The van der Waals surface area contributed by atoms with Crippen LogP contribution in [-0.2, 0) is 4.74 Å². The number of ether oxygens (including phenoxy) is 1. The van der Waals surface area contributed by atoms with Crippen LogP contribution in [0.5, 0.6) is 0 Å². The van der Waals surface area contributed by atoms with Gasteiger partial charge in [-0.3, -0.25) is 0 Å². The van der Waals surface area contributed by atoms with Crippen LogP contribution in [-0.4, -0.2) is 55.8 Å². The molecule has 0 bridgehead atoms. The molecule has 3 aliphatic rings. The summed E-state index contributed by atoms with van der Waals surface area (Å²) in [6.45, 7) is 4.36. The Morgan fingerprint density at radius 3 is 2.62 bits per heavy atom.